The standard InChI is InChI=1S/C14H23N5O2/c1-17(2)11-13-12-18(9-10-21-13)6-3-14(20)19(7-4-15)8-5-16/h13H,3,6-12H2,1-2H3/t13-/m1/s1. The maximum atomic E-state index is 12.0. The van der Waals surface area contributed by atoms with E-state index in [0.717, 1.165) is 19.6 Å². The summed E-state index contributed by atoms with van der Waals surface area (Å²) >= 11 is 0. The van der Waals surface area contributed by atoms with Gasteiger partial charge in [-0.3, -0.25) is 9.69 Å². The molecule has 21 heavy (non-hydrogen) atoms. The smallest absolute Gasteiger partial charge is 0.225 e. The number of ether oxygens (including phenoxy) is 1. The van der Waals surface area contributed by atoms with Gasteiger partial charge in [-0.2, -0.15) is 10.5 Å². The predicted molar refractivity (Wildman–Crippen MR) is 77.2 cm³/mol. The second kappa shape index (κ2) is 9.30. The van der Waals surface area contributed by atoms with Crippen LogP contribution in [0.3, 0.4) is 0 Å². The largest absolute Gasteiger partial charge is 0.374 e. The van der Waals surface area contributed by atoms with Crippen LogP contribution in [0.15, 0.2) is 0 Å². The van der Waals surface area contributed by atoms with E-state index in [4.69, 9.17) is 15.3 Å². The van der Waals surface area contributed by atoms with Crippen LogP contribution in [-0.4, -0.2) is 86.7 Å². The number of amides is 1. The molecule has 0 unspecified atom stereocenters. The van der Waals surface area contributed by atoms with E-state index in [1.54, 1.807) is 0 Å². The van der Waals surface area contributed by atoms with E-state index in [0.29, 0.717) is 19.6 Å². The van der Waals surface area contributed by atoms with Gasteiger partial charge in [0.05, 0.1) is 24.8 Å². The van der Waals surface area contributed by atoms with Gasteiger partial charge in [0.25, 0.3) is 0 Å². The topological polar surface area (TPSA) is 83.6 Å². The fourth-order valence-corrected chi connectivity index (χ4v) is 2.32. The maximum absolute atomic E-state index is 12.0. The molecule has 0 spiro atoms. The first-order valence-electron chi connectivity index (χ1n) is 7.07. The van der Waals surface area contributed by atoms with Crippen molar-refractivity contribution in [1.29, 1.82) is 10.5 Å². The molecule has 1 fully saturated rings. The first-order valence-corrected chi connectivity index (χ1v) is 7.07. The third-order valence-corrected chi connectivity index (χ3v) is 3.31. The summed E-state index contributed by atoms with van der Waals surface area (Å²) in [5.41, 5.74) is 0. The molecule has 0 radical (unpaired) electrons. The van der Waals surface area contributed by atoms with Crippen LogP contribution in [0, 0.1) is 22.7 Å². The molecule has 0 N–H and O–H groups in total. The number of nitrogens with zero attached hydrogens (tertiary/aromatic N) is 5. The Hall–Kier alpha value is -1.67. The zero-order valence-electron chi connectivity index (χ0n) is 12.8. The lowest BCUT2D eigenvalue weighted by molar-refractivity contribution is -0.130. The molecule has 116 valence electrons. The molecule has 0 aromatic heterocycles. The zero-order chi connectivity index (χ0) is 15.7. The van der Waals surface area contributed by atoms with E-state index in [2.05, 4.69) is 9.80 Å². The minimum atomic E-state index is -0.145. The van der Waals surface area contributed by atoms with Crippen LogP contribution >= 0.6 is 0 Å². The monoisotopic (exact) mass is 293 g/mol. The Morgan fingerprint density at radius 2 is 2.00 bits per heavy atom. The van der Waals surface area contributed by atoms with Crippen molar-refractivity contribution in [2.24, 2.45) is 0 Å². The molecule has 1 rings (SSSR count). The van der Waals surface area contributed by atoms with E-state index in [1.165, 1.54) is 4.90 Å². The summed E-state index contributed by atoms with van der Waals surface area (Å²) in [5, 5.41) is 17.3. The average molecular weight is 293 g/mol. The summed E-state index contributed by atoms with van der Waals surface area (Å²) in [6, 6.07) is 3.83. The van der Waals surface area contributed by atoms with Crippen LogP contribution in [-0.2, 0) is 9.53 Å². The quantitative estimate of drug-likeness (QED) is 0.589. The molecule has 1 heterocycles. The van der Waals surface area contributed by atoms with E-state index in [-0.39, 0.29) is 25.1 Å². The summed E-state index contributed by atoms with van der Waals surface area (Å²) < 4.78 is 5.69. The molecule has 7 heteroatoms. The van der Waals surface area contributed by atoms with Crippen LogP contribution in [0.2, 0.25) is 0 Å². The van der Waals surface area contributed by atoms with Crippen molar-refractivity contribution >= 4 is 5.91 Å². The zero-order valence-corrected chi connectivity index (χ0v) is 12.8. The van der Waals surface area contributed by atoms with E-state index < -0.39 is 0 Å². The van der Waals surface area contributed by atoms with Crippen molar-refractivity contribution < 1.29 is 9.53 Å². The van der Waals surface area contributed by atoms with E-state index >= 15 is 0 Å². The number of likely N-dealkylation sites (N-methyl/N-ethyl adjacent to an activating group) is 1. The van der Waals surface area contributed by atoms with Crippen LogP contribution in [0.5, 0.6) is 0 Å². The number of morpholine rings is 1. The normalized spacial score (nSPS) is 19.0. The summed E-state index contributed by atoms with van der Waals surface area (Å²) in [4.78, 5) is 17.6. The van der Waals surface area contributed by atoms with Crippen molar-refractivity contribution in [3.8, 4) is 12.1 Å². The third-order valence-electron chi connectivity index (χ3n) is 3.31. The first-order chi connectivity index (χ1) is 10.1. The minimum absolute atomic E-state index is 0.0290. The molecular formula is C14H23N5O2. The van der Waals surface area contributed by atoms with Crippen molar-refractivity contribution in [3.05, 3.63) is 0 Å². The predicted octanol–water partition coefficient (Wildman–Crippen LogP) is -0.485. The molecule has 7 nitrogen and oxygen atoms in total. The molecule has 0 aromatic rings. The average Bonchev–Trinajstić information content (AvgIpc) is 2.44. The van der Waals surface area contributed by atoms with Gasteiger partial charge in [-0.15, -0.1) is 0 Å². The van der Waals surface area contributed by atoms with Crippen molar-refractivity contribution in [2.45, 2.75) is 12.5 Å². The second-order valence-corrected chi connectivity index (χ2v) is 5.37. The molecule has 1 amide bonds. The Bertz CT molecular complexity index is 397. The number of hydrogen-bond donors (Lipinski definition) is 0. The molecule has 1 aliphatic rings. The Morgan fingerprint density at radius 3 is 2.57 bits per heavy atom. The highest BCUT2D eigenvalue weighted by Gasteiger charge is 2.22. The van der Waals surface area contributed by atoms with Gasteiger partial charge in [0, 0.05) is 32.6 Å². The number of rotatable bonds is 7. The fourth-order valence-electron chi connectivity index (χ4n) is 2.32. The van der Waals surface area contributed by atoms with Gasteiger partial charge in [0.1, 0.15) is 13.1 Å². The Morgan fingerprint density at radius 1 is 1.33 bits per heavy atom. The van der Waals surface area contributed by atoms with Crippen molar-refractivity contribution in [2.75, 3.05) is 60.0 Å². The van der Waals surface area contributed by atoms with E-state index in [1.807, 2.05) is 26.2 Å². The van der Waals surface area contributed by atoms with Crippen LogP contribution in [0.1, 0.15) is 6.42 Å². The summed E-state index contributed by atoms with van der Waals surface area (Å²) in [6.07, 6.45) is 0.496. The SMILES string of the molecule is CN(C)C[C@@H]1CN(CCC(=O)N(CC#N)CC#N)CCO1. The van der Waals surface area contributed by atoms with Crippen LogP contribution in [0.25, 0.3) is 0 Å². The third kappa shape index (κ3) is 6.54. The van der Waals surface area contributed by atoms with Gasteiger partial charge >= 0.3 is 0 Å². The number of nitriles is 2. The first kappa shape index (κ1) is 17.4. The number of carbonyl (C=O) groups excluding carboxylic acids is 1. The minimum Gasteiger partial charge on any atom is -0.374 e. The summed E-state index contributed by atoms with van der Waals surface area (Å²) in [7, 11) is 4.01. The fraction of sp³-hybridized carbons (Fsp3) is 0.786. The van der Waals surface area contributed by atoms with Crippen LogP contribution < -0.4 is 0 Å². The Labute approximate surface area is 126 Å². The van der Waals surface area contributed by atoms with Gasteiger partial charge in [-0.1, -0.05) is 0 Å². The van der Waals surface area contributed by atoms with Crippen molar-refractivity contribution in [3.63, 3.8) is 0 Å². The molecule has 1 aliphatic heterocycles. The van der Waals surface area contributed by atoms with Gasteiger partial charge in [0.2, 0.25) is 5.91 Å². The molecule has 0 saturated carbocycles. The Balaban J connectivity index is 2.38. The molecular weight excluding hydrogens is 270 g/mol. The Kier molecular flexibility index (Phi) is 7.70. The lowest BCUT2D eigenvalue weighted by atomic mass is 10.2. The highest BCUT2D eigenvalue weighted by atomic mass is 16.5. The second-order valence-electron chi connectivity index (χ2n) is 5.37. The summed E-state index contributed by atoms with van der Waals surface area (Å²) in [5.74, 6) is -0.145. The summed E-state index contributed by atoms with van der Waals surface area (Å²) in [6.45, 7) is 3.74. The maximum Gasteiger partial charge on any atom is 0.225 e. The highest BCUT2D eigenvalue weighted by Crippen LogP contribution is 2.07. The lowest BCUT2D eigenvalue weighted by Gasteiger charge is -2.34. The molecule has 1 saturated heterocycles. The van der Waals surface area contributed by atoms with Crippen LogP contribution in [0.4, 0.5) is 0 Å². The highest BCUT2D eigenvalue weighted by molar-refractivity contribution is 5.76. The molecule has 0 aliphatic carbocycles. The lowest BCUT2D eigenvalue weighted by Crippen LogP contribution is -2.47. The number of carbonyl (C=O) groups is 1. The van der Waals surface area contributed by atoms with E-state index in [9.17, 15) is 4.79 Å². The van der Waals surface area contributed by atoms with Crippen molar-refractivity contribution in [1.82, 2.24) is 14.7 Å². The van der Waals surface area contributed by atoms with Gasteiger partial charge in [-0.05, 0) is 14.1 Å². The van der Waals surface area contributed by atoms with Gasteiger partial charge in [-0.25, -0.2) is 0 Å². The molecule has 1 atom stereocenters. The van der Waals surface area contributed by atoms with Gasteiger partial charge < -0.3 is 14.5 Å². The number of hydrogen-bond acceptors (Lipinski definition) is 6. The molecule has 0 bridgehead atoms. The van der Waals surface area contributed by atoms with Gasteiger partial charge in [0.15, 0.2) is 0 Å². The molecule has 0 aromatic carbocycles.